The van der Waals surface area contributed by atoms with Gasteiger partial charge in [0.2, 0.25) is 5.91 Å². The van der Waals surface area contributed by atoms with Gasteiger partial charge in [-0.25, -0.2) is 4.79 Å². The Morgan fingerprint density at radius 1 is 1.21 bits per heavy atom. The van der Waals surface area contributed by atoms with Gasteiger partial charge in [0.25, 0.3) is 0 Å². The molecular weight excluding hydrogens is 308 g/mol. The van der Waals surface area contributed by atoms with Crippen molar-refractivity contribution in [1.82, 2.24) is 10.2 Å². The van der Waals surface area contributed by atoms with Crippen LogP contribution in [0, 0.1) is 0 Å². The third-order valence-corrected chi connectivity index (χ3v) is 3.95. The lowest BCUT2D eigenvalue weighted by Gasteiger charge is -2.31. The average molecular weight is 334 g/mol. The van der Waals surface area contributed by atoms with E-state index in [0.29, 0.717) is 39.1 Å². The number of amides is 2. The van der Waals surface area contributed by atoms with E-state index in [1.54, 1.807) is 11.8 Å². The second-order valence-corrected chi connectivity index (χ2v) is 5.79. The van der Waals surface area contributed by atoms with E-state index >= 15 is 0 Å². The minimum atomic E-state index is -0.264. The molecule has 0 aliphatic carbocycles. The summed E-state index contributed by atoms with van der Waals surface area (Å²) in [7, 11) is 0. The number of ether oxygens (including phenoxy) is 2. The maximum Gasteiger partial charge on any atom is 0.409 e. The number of hydrogen-bond donors (Lipinski definition) is 1. The van der Waals surface area contributed by atoms with Crippen LogP contribution in [0.3, 0.4) is 0 Å². The Balaban J connectivity index is 1.57. The van der Waals surface area contributed by atoms with Crippen LogP contribution >= 0.6 is 0 Å². The van der Waals surface area contributed by atoms with Crippen molar-refractivity contribution < 1.29 is 19.1 Å². The Labute approximate surface area is 143 Å². The van der Waals surface area contributed by atoms with Crippen molar-refractivity contribution in [2.75, 3.05) is 26.3 Å². The van der Waals surface area contributed by atoms with Crippen molar-refractivity contribution in [2.24, 2.45) is 0 Å². The topological polar surface area (TPSA) is 67.9 Å². The number of carbonyl (C=O) groups is 2. The molecule has 6 nitrogen and oxygen atoms in total. The summed E-state index contributed by atoms with van der Waals surface area (Å²) in [5.74, 6) is 0.866. The second kappa shape index (κ2) is 9.80. The first kappa shape index (κ1) is 18.1. The van der Waals surface area contributed by atoms with Crippen LogP contribution in [0.4, 0.5) is 4.79 Å². The van der Waals surface area contributed by atoms with E-state index < -0.39 is 0 Å². The van der Waals surface area contributed by atoms with Gasteiger partial charge in [-0.2, -0.15) is 0 Å². The molecule has 1 aromatic carbocycles. The van der Waals surface area contributed by atoms with Gasteiger partial charge in [0.1, 0.15) is 5.75 Å². The Bertz CT molecular complexity index is 513. The third kappa shape index (κ3) is 6.10. The molecule has 1 aliphatic rings. The summed E-state index contributed by atoms with van der Waals surface area (Å²) in [4.78, 5) is 25.3. The van der Waals surface area contributed by atoms with Crippen LogP contribution in [0.15, 0.2) is 30.3 Å². The monoisotopic (exact) mass is 334 g/mol. The molecule has 0 bridgehead atoms. The highest BCUT2D eigenvalue weighted by Gasteiger charge is 2.24. The average Bonchev–Trinajstić information content (AvgIpc) is 2.60. The number of likely N-dealkylation sites (tertiary alicyclic amines) is 1. The van der Waals surface area contributed by atoms with Crippen LogP contribution in [0.1, 0.15) is 32.6 Å². The Kier molecular flexibility index (Phi) is 7.39. The molecular formula is C18H26N2O4. The van der Waals surface area contributed by atoms with Gasteiger partial charge in [0.05, 0.1) is 13.2 Å². The molecule has 0 aromatic heterocycles. The van der Waals surface area contributed by atoms with Gasteiger partial charge in [-0.15, -0.1) is 0 Å². The van der Waals surface area contributed by atoms with Crippen LogP contribution in [-0.4, -0.2) is 49.2 Å². The number of nitrogens with zero attached hydrogens (tertiary/aromatic N) is 1. The molecule has 0 spiro atoms. The van der Waals surface area contributed by atoms with Crippen LogP contribution in [0.5, 0.6) is 5.75 Å². The van der Waals surface area contributed by atoms with Crippen molar-refractivity contribution in [3.05, 3.63) is 30.3 Å². The quantitative estimate of drug-likeness (QED) is 0.778. The second-order valence-electron chi connectivity index (χ2n) is 5.79. The molecule has 0 atom stereocenters. The molecule has 2 rings (SSSR count). The molecule has 1 heterocycles. The Hall–Kier alpha value is -2.24. The van der Waals surface area contributed by atoms with Gasteiger partial charge < -0.3 is 19.7 Å². The van der Waals surface area contributed by atoms with Gasteiger partial charge in [-0.05, 0) is 38.3 Å². The Morgan fingerprint density at radius 3 is 2.58 bits per heavy atom. The molecule has 2 amide bonds. The van der Waals surface area contributed by atoms with E-state index in [-0.39, 0.29) is 18.0 Å². The van der Waals surface area contributed by atoms with E-state index in [1.807, 2.05) is 30.3 Å². The predicted molar refractivity (Wildman–Crippen MR) is 90.9 cm³/mol. The normalized spacial score (nSPS) is 15.0. The molecule has 0 radical (unpaired) electrons. The van der Waals surface area contributed by atoms with Crippen molar-refractivity contribution in [2.45, 2.75) is 38.6 Å². The molecule has 1 aliphatic heterocycles. The molecule has 6 heteroatoms. The predicted octanol–water partition coefficient (Wildman–Crippen LogP) is 2.58. The zero-order chi connectivity index (χ0) is 17.2. The minimum Gasteiger partial charge on any atom is -0.494 e. The Morgan fingerprint density at radius 2 is 1.92 bits per heavy atom. The number of para-hydroxylation sites is 1. The molecule has 1 N–H and O–H groups in total. The largest absolute Gasteiger partial charge is 0.494 e. The zero-order valence-corrected chi connectivity index (χ0v) is 14.2. The summed E-state index contributed by atoms with van der Waals surface area (Å²) in [6, 6.07) is 9.72. The van der Waals surface area contributed by atoms with E-state index in [9.17, 15) is 9.59 Å². The smallest absolute Gasteiger partial charge is 0.409 e. The summed E-state index contributed by atoms with van der Waals surface area (Å²) >= 11 is 0. The van der Waals surface area contributed by atoms with Gasteiger partial charge in [0, 0.05) is 25.6 Å². The molecule has 1 aromatic rings. The fourth-order valence-corrected chi connectivity index (χ4v) is 2.66. The fraction of sp³-hybridized carbons (Fsp3) is 0.556. The highest BCUT2D eigenvalue weighted by molar-refractivity contribution is 5.76. The lowest BCUT2D eigenvalue weighted by Crippen LogP contribution is -2.46. The lowest BCUT2D eigenvalue weighted by atomic mass is 10.1. The van der Waals surface area contributed by atoms with Gasteiger partial charge in [-0.1, -0.05) is 18.2 Å². The lowest BCUT2D eigenvalue weighted by molar-refractivity contribution is -0.122. The van der Waals surface area contributed by atoms with Crippen LogP contribution in [0.25, 0.3) is 0 Å². The zero-order valence-electron chi connectivity index (χ0n) is 14.2. The number of piperidine rings is 1. The molecule has 1 fully saturated rings. The SMILES string of the molecule is CCOC(=O)N1CCC(NC(=O)CCCOc2ccccc2)CC1. The van der Waals surface area contributed by atoms with Crippen LogP contribution in [-0.2, 0) is 9.53 Å². The summed E-state index contributed by atoms with van der Waals surface area (Å²) in [5, 5.41) is 3.04. The first-order valence-electron chi connectivity index (χ1n) is 8.58. The maximum atomic E-state index is 12.0. The van der Waals surface area contributed by atoms with Crippen molar-refractivity contribution in [3.63, 3.8) is 0 Å². The van der Waals surface area contributed by atoms with Gasteiger partial charge >= 0.3 is 6.09 Å². The summed E-state index contributed by atoms with van der Waals surface area (Å²) < 4.78 is 10.6. The summed E-state index contributed by atoms with van der Waals surface area (Å²) in [6.45, 7) is 3.97. The van der Waals surface area contributed by atoms with Crippen molar-refractivity contribution in [1.29, 1.82) is 0 Å². The number of carbonyl (C=O) groups excluding carboxylic acids is 2. The highest BCUT2D eigenvalue weighted by Crippen LogP contribution is 2.12. The number of rotatable bonds is 7. The first-order valence-corrected chi connectivity index (χ1v) is 8.58. The fourth-order valence-electron chi connectivity index (χ4n) is 2.66. The number of nitrogens with one attached hydrogen (secondary N) is 1. The van der Waals surface area contributed by atoms with Crippen LogP contribution in [0.2, 0.25) is 0 Å². The molecule has 24 heavy (non-hydrogen) atoms. The summed E-state index contributed by atoms with van der Waals surface area (Å²) in [6.07, 6.45) is 2.41. The highest BCUT2D eigenvalue weighted by atomic mass is 16.6. The maximum absolute atomic E-state index is 12.0. The standard InChI is InChI=1S/C18H26N2O4/c1-2-23-18(22)20-12-10-15(11-13-20)19-17(21)9-6-14-24-16-7-4-3-5-8-16/h3-5,7-8,15H,2,6,9-14H2,1H3,(H,19,21). The van der Waals surface area contributed by atoms with Gasteiger partial charge in [-0.3, -0.25) is 4.79 Å². The van der Waals surface area contributed by atoms with Crippen molar-refractivity contribution in [3.8, 4) is 5.75 Å². The molecule has 132 valence electrons. The van der Waals surface area contributed by atoms with E-state index in [2.05, 4.69) is 5.32 Å². The molecule has 1 saturated heterocycles. The van der Waals surface area contributed by atoms with E-state index in [4.69, 9.17) is 9.47 Å². The van der Waals surface area contributed by atoms with Crippen LogP contribution < -0.4 is 10.1 Å². The first-order chi connectivity index (χ1) is 11.7. The minimum absolute atomic E-state index is 0.0428. The van der Waals surface area contributed by atoms with Crippen molar-refractivity contribution >= 4 is 12.0 Å². The molecule has 0 saturated carbocycles. The van der Waals surface area contributed by atoms with Gasteiger partial charge in [0.15, 0.2) is 0 Å². The van der Waals surface area contributed by atoms with E-state index in [1.165, 1.54) is 0 Å². The van der Waals surface area contributed by atoms with E-state index in [0.717, 1.165) is 18.6 Å². The third-order valence-electron chi connectivity index (χ3n) is 3.95. The summed E-state index contributed by atoms with van der Waals surface area (Å²) in [5.41, 5.74) is 0. The number of hydrogen-bond acceptors (Lipinski definition) is 4. The number of benzene rings is 1. The molecule has 0 unspecified atom stereocenters.